The molecule has 26 heavy (non-hydrogen) atoms. The topological polar surface area (TPSA) is 66.4 Å². The van der Waals surface area contributed by atoms with Crippen molar-refractivity contribution in [2.45, 2.75) is 29.9 Å². The van der Waals surface area contributed by atoms with Crippen molar-refractivity contribution in [2.75, 3.05) is 5.32 Å². The molecule has 0 saturated heterocycles. The fourth-order valence-corrected chi connectivity index (χ4v) is 3.78. The van der Waals surface area contributed by atoms with E-state index in [4.69, 9.17) is 0 Å². The third-order valence-electron chi connectivity index (χ3n) is 4.49. The maximum Gasteiger partial charge on any atom is 0.310 e. The smallest absolute Gasteiger partial charge is 0.310 e. The highest BCUT2D eigenvalue weighted by Gasteiger charge is 2.45. The van der Waals surface area contributed by atoms with Crippen molar-refractivity contribution in [1.82, 2.24) is 0 Å². The van der Waals surface area contributed by atoms with E-state index >= 15 is 0 Å². The Hall–Kier alpha value is -2.41. The lowest BCUT2D eigenvalue weighted by Gasteiger charge is -2.23. The first-order chi connectivity index (χ1) is 12.4. The molecule has 0 radical (unpaired) electrons. The molecule has 1 aliphatic carbocycles. The first-order valence-electron chi connectivity index (χ1n) is 8.03. The van der Waals surface area contributed by atoms with Crippen LogP contribution in [0.5, 0.6) is 0 Å². The van der Waals surface area contributed by atoms with Crippen LogP contribution >= 0.6 is 11.8 Å². The largest absolute Gasteiger partial charge is 0.481 e. The quantitative estimate of drug-likeness (QED) is 0.741. The van der Waals surface area contributed by atoms with Gasteiger partial charge in [-0.1, -0.05) is 36.0 Å². The molecule has 2 aromatic carbocycles. The number of benzene rings is 2. The Morgan fingerprint density at radius 2 is 1.65 bits per heavy atom. The molecule has 4 nitrogen and oxygen atoms in total. The van der Waals surface area contributed by atoms with Crippen LogP contribution in [-0.2, 0) is 22.4 Å². The predicted molar refractivity (Wildman–Crippen MR) is 95.5 cm³/mol. The number of carboxylic acid groups (broad SMARTS) is 1. The van der Waals surface area contributed by atoms with Crippen LogP contribution in [0.1, 0.15) is 17.5 Å². The van der Waals surface area contributed by atoms with Crippen molar-refractivity contribution in [3.05, 3.63) is 59.7 Å². The molecule has 0 bridgehead atoms. The van der Waals surface area contributed by atoms with Gasteiger partial charge in [0.15, 0.2) is 0 Å². The number of carboxylic acids is 1. The van der Waals surface area contributed by atoms with E-state index in [0.29, 0.717) is 35.2 Å². The molecule has 0 atom stereocenters. The van der Waals surface area contributed by atoms with Crippen molar-refractivity contribution in [2.24, 2.45) is 5.41 Å². The van der Waals surface area contributed by atoms with Crippen LogP contribution in [0.15, 0.2) is 53.4 Å². The lowest BCUT2D eigenvalue weighted by molar-refractivity contribution is -0.150. The molecule has 136 valence electrons. The summed E-state index contributed by atoms with van der Waals surface area (Å²) in [6, 6.07) is 13.5. The Bertz CT molecular complexity index is 799. The second-order valence-corrected chi connectivity index (χ2v) is 7.40. The minimum absolute atomic E-state index is 0.148. The zero-order valence-electron chi connectivity index (χ0n) is 13.7. The molecule has 0 aliphatic heterocycles. The van der Waals surface area contributed by atoms with Crippen LogP contribution in [-0.4, -0.2) is 22.7 Å². The average Bonchev–Trinajstić information content (AvgIpc) is 2.95. The van der Waals surface area contributed by atoms with Crippen LogP contribution in [0.2, 0.25) is 0 Å². The number of thioether (sulfide) groups is 1. The van der Waals surface area contributed by atoms with Gasteiger partial charge in [0, 0.05) is 17.0 Å². The first kappa shape index (κ1) is 18.4. The zero-order chi connectivity index (χ0) is 18.7. The Kier molecular flexibility index (Phi) is 5.27. The third-order valence-corrected chi connectivity index (χ3v) is 5.21. The molecule has 0 saturated carbocycles. The number of rotatable bonds is 6. The molecular formula is C19H17F2NO3S. The fraction of sp³-hybridized carbons (Fsp3) is 0.263. The predicted octanol–water partition coefficient (Wildman–Crippen LogP) is 4.20. The van der Waals surface area contributed by atoms with Gasteiger partial charge in [0.05, 0.1) is 5.41 Å². The SMILES string of the molecule is O=C(CC1(C(=O)O)Cc2ccccc2C1)Nc1ccc(SC(F)F)cc1. The number of hydrogen-bond acceptors (Lipinski definition) is 3. The van der Waals surface area contributed by atoms with Crippen molar-refractivity contribution < 1.29 is 23.5 Å². The summed E-state index contributed by atoms with van der Waals surface area (Å²) in [5, 5.41) is 12.4. The van der Waals surface area contributed by atoms with Gasteiger partial charge in [0.2, 0.25) is 5.91 Å². The average molecular weight is 377 g/mol. The highest BCUT2D eigenvalue weighted by molar-refractivity contribution is 7.99. The fourth-order valence-electron chi connectivity index (χ4n) is 3.28. The molecule has 0 unspecified atom stereocenters. The van der Waals surface area contributed by atoms with Crippen molar-refractivity contribution in [1.29, 1.82) is 0 Å². The van der Waals surface area contributed by atoms with E-state index in [9.17, 15) is 23.5 Å². The highest BCUT2D eigenvalue weighted by atomic mass is 32.2. The summed E-state index contributed by atoms with van der Waals surface area (Å²) in [7, 11) is 0. The molecule has 0 spiro atoms. The van der Waals surface area contributed by atoms with E-state index in [0.717, 1.165) is 11.1 Å². The second-order valence-electron chi connectivity index (χ2n) is 6.34. The number of hydrogen-bond donors (Lipinski definition) is 2. The Morgan fingerprint density at radius 3 is 2.15 bits per heavy atom. The van der Waals surface area contributed by atoms with Gasteiger partial charge < -0.3 is 10.4 Å². The Morgan fingerprint density at radius 1 is 1.08 bits per heavy atom. The number of halogens is 2. The van der Waals surface area contributed by atoms with E-state index < -0.39 is 23.0 Å². The van der Waals surface area contributed by atoms with Gasteiger partial charge in [-0.05, 0) is 48.2 Å². The number of carbonyl (C=O) groups is 2. The molecule has 0 aromatic heterocycles. The Labute approximate surface area is 153 Å². The standard InChI is InChI=1S/C19H17F2NO3S/c20-18(21)26-15-7-5-14(6-8-15)22-16(23)11-19(17(24)25)9-12-3-1-2-4-13(12)10-19/h1-8,18H,9-11H2,(H,22,23)(H,24,25). The lowest BCUT2D eigenvalue weighted by Crippen LogP contribution is -2.36. The summed E-state index contributed by atoms with van der Waals surface area (Å²) in [5.41, 5.74) is 1.20. The maximum atomic E-state index is 12.4. The van der Waals surface area contributed by atoms with E-state index in [1.54, 1.807) is 0 Å². The molecule has 2 aromatic rings. The van der Waals surface area contributed by atoms with E-state index in [2.05, 4.69) is 5.32 Å². The zero-order valence-corrected chi connectivity index (χ0v) is 14.6. The number of anilines is 1. The van der Waals surface area contributed by atoms with E-state index in [-0.39, 0.29) is 6.42 Å². The van der Waals surface area contributed by atoms with Crippen molar-refractivity contribution >= 4 is 29.3 Å². The van der Waals surface area contributed by atoms with Crippen LogP contribution in [0, 0.1) is 5.41 Å². The van der Waals surface area contributed by atoms with Gasteiger partial charge in [-0.3, -0.25) is 9.59 Å². The van der Waals surface area contributed by atoms with Crippen LogP contribution in [0.3, 0.4) is 0 Å². The number of amides is 1. The molecule has 3 rings (SSSR count). The molecule has 1 amide bonds. The summed E-state index contributed by atoms with van der Waals surface area (Å²) >= 11 is 0.425. The van der Waals surface area contributed by atoms with E-state index in [1.807, 2.05) is 24.3 Å². The molecule has 0 heterocycles. The molecule has 0 fully saturated rings. The number of nitrogens with one attached hydrogen (secondary N) is 1. The summed E-state index contributed by atoms with van der Waals surface area (Å²) < 4.78 is 24.7. The van der Waals surface area contributed by atoms with E-state index in [1.165, 1.54) is 24.3 Å². The number of fused-ring (bicyclic) bond motifs is 1. The monoisotopic (exact) mass is 377 g/mol. The van der Waals surface area contributed by atoms with Gasteiger partial charge in [0.1, 0.15) is 0 Å². The lowest BCUT2D eigenvalue weighted by atomic mass is 9.81. The van der Waals surface area contributed by atoms with Crippen LogP contribution < -0.4 is 5.32 Å². The van der Waals surface area contributed by atoms with Gasteiger partial charge in [-0.15, -0.1) is 0 Å². The van der Waals surface area contributed by atoms with Crippen molar-refractivity contribution in [3.63, 3.8) is 0 Å². The number of alkyl halides is 2. The Balaban J connectivity index is 1.67. The van der Waals surface area contributed by atoms with Crippen molar-refractivity contribution in [3.8, 4) is 0 Å². The van der Waals surface area contributed by atoms with Gasteiger partial charge >= 0.3 is 5.97 Å². The normalized spacial score (nSPS) is 14.9. The summed E-state index contributed by atoms with van der Waals surface area (Å²) in [4.78, 5) is 24.7. The maximum absolute atomic E-state index is 12.4. The van der Waals surface area contributed by atoms with Gasteiger partial charge in [0.25, 0.3) is 5.76 Å². The van der Waals surface area contributed by atoms with Gasteiger partial charge in [-0.2, -0.15) is 8.78 Å². The minimum Gasteiger partial charge on any atom is -0.481 e. The van der Waals surface area contributed by atoms with Crippen LogP contribution in [0.25, 0.3) is 0 Å². The van der Waals surface area contributed by atoms with Crippen LogP contribution in [0.4, 0.5) is 14.5 Å². The third kappa shape index (κ3) is 4.04. The molecule has 1 aliphatic rings. The summed E-state index contributed by atoms with van der Waals surface area (Å²) in [5.74, 6) is -3.91. The second kappa shape index (κ2) is 7.45. The number of carbonyl (C=O) groups excluding carboxylic acids is 1. The minimum atomic E-state index is -2.50. The highest BCUT2D eigenvalue weighted by Crippen LogP contribution is 2.40. The first-order valence-corrected chi connectivity index (χ1v) is 8.91. The summed E-state index contributed by atoms with van der Waals surface area (Å²) in [6.45, 7) is 0. The summed E-state index contributed by atoms with van der Waals surface area (Å²) in [6.07, 6.45) is 0.482. The molecule has 7 heteroatoms. The number of aliphatic carboxylic acids is 1. The molecular weight excluding hydrogens is 360 g/mol. The molecule has 2 N–H and O–H groups in total. The van der Waals surface area contributed by atoms with Gasteiger partial charge in [-0.25, -0.2) is 0 Å².